The Labute approximate surface area is 152 Å². The number of aromatic nitrogens is 2. The second-order valence-corrected chi connectivity index (χ2v) is 6.27. The van der Waals surface area contributed by atoms with Crippen LogP contribution >= 0.6 is 0 Å². The summed E-state index contributed by atoms with van der Waals surface area (Å²) in [6, 6.07) is 19.6. The van der Waals surface area contributed by atoms with Crippen LogP contribution in [-0.4, -0.2) is 36.1 Å². The third kappa shape index (κ3) is 3.71. The minimum atomic E-state index is 0.104. The highest BCUT2D eigenvalue weighted by molar-refractivity contribution is 5.63. The van der Waals surface area contributed by atoms with Gasteiger partial charge in [-0.1, -0.05) is 18.2 Å². The highest BCUT2D eigenvalue weighted by Gasteiger charge is 2.18. The number of nitrogens with two attached hydrogens (primary N) is 1. The molecule has 1 unspecified atom stereocenters. The molecule has 0 saturated carbocycles. The Morgan fingerprint density at radius 1 is 1.08 bits per heavy atom. The van der Waals surface area contributed by atoms with E-state index in [1.807, 2.05) is 65.3 Å². The lowest BCUT2D eigenvalue weighted by Gasteiger charge is -2.15. The molecule has 1 aromatic heterocycles. The van der Waals surface area contributed by atoms with Crippen molar-refractivity contribution in [2.45, 2.75) is 6.04 Å². The van der Waals surface area contributed by atoms with Gasteiger partial charge in [0.2, 0.25) is 0 Å². The molecular weight excluding hydrogens is 328 g/mol. The van der Waals surface area contributed by atoms with E-state index in [0.717, 1.165) is 35.8 Å². The second kappa shape index (κ2) is 7.59. The van der Waals surface area contributed by atoms with E-state index in [2.05, 4.69) is 10.4 Å². The van der Waals surface area contributed by atoms with Crippen molar-refractivity contribution >= 4 is 5.82 Å². The van der Waals surface area contributed by atoms with Crippen LogP contribution in [0.5, 0.6) is 11.5 Å². The first-order valence-corrected chi connectivity index (χ1v) is 8.76. The average molecular weight is 350 g/mol. The van der Waals surface area contributed by atoms with Gasteiger partial charge in [-0.05, 0) is 36.4 Å². The lowest BCUT2D eigenvalue weighted by Crippen LogP contribution is -2.27. The van der Waals surface area contributed by atoms with E-state index in [9.17, 15) is 0 Å². The number of anilines is 1. The van der Waals surface area contributed by atoms with Gasteiger partial charge in [0.1, 0.15) is 17.3 Å². The Hall–Kier alpha value is -2.83. The molecule has 1 atom stereocenters. The standard InChI is InChI=1S/C20H22N4O2/c21-20-12-19(23-24(20)16-13-22-10-11-25-14-16)15-6-8-18(9-7-15)26-17-4-2-1-3-5-17/h1-9,12,16,22H,10-11,13-14,21H2. The van der Waals surface area contributed by atoms with Gasteiger partial charge in [0.25, 0.3) is 0 Å². The SMILES string of the molecule is Nc1cc(-c2ccc(Oc3ccccc3)cc2)nn1C1CNCCOC1. The molecule has 26 heavy (non-hydrogen) atoms. The summed E-state index contributed by atoms with van der Waals surface area (Å²) in [7, 11) is 0. The molecule has 1 aliphatic rings. The molecule has 4 rings (SSSR count). The van der Waals surface area contributed by atoms with Gasteiger partial charge in [0.15, 0.2) is 0 Å². The summed E-state index contributed by atoms with van der Waals surface area (Å²) in [4.78, 5) is 0. The number of rotatable bonds is 4. The molecule has 2 aromatic carbocycles. The molecule has 0 spiro atoms. The van der Waals surface area contributed by atoms with Gasteiger partial charge < -0.3 is 20.5 Å². The van der Waals surface area contributed by atoms with Crippen LogP contribution in [0.2, 0.25) is 0 Å². The van der Waals surface area contributed by atoms with E-state index in [0.29, 0.717) is 19.0 Å². The maximum absolute atomic E-state index is 6.19. The number of hydrogen-bond acceptors (Lipinski definition) is 5. The lowest BCUT2D eigenvalue weighted by atomic mass is 10.1. The molecule has 1 aliphatic heterocycles. The van der Waals surface area contributed by atoms with E-state index in [-0.39, 0.29) is 6.04 Å². The summed E-state index contributed by atoms with van der Waals surface area (Å²) >= 11 is 0. The first-order valence-electron chi connectivity index (χ1n) is 8.76. The Kier molecular flexibility index (Phi) is 4.86. The zero-order chi connectivity index (χ0) is 17.8. The summed E-state index contributed by atoms with van der Waals surface area (Å²) in [5.41, 5.74) is 8.03. The topological polar surface area (TPSA) is 74.3 Å². The maximum Gasteiger partial charge on any atom is 0.127 e. The fourth-order valence-corrected chi connectivity index (χ4v) is 3.01. The minimum absolute atomic E-state index is 0.104. The van der Waals surface area contributed by atoms with E-state index < -0.39 is 0 Å². The minimum Gasteiger partial charge on any atom is -0.457 e. The van der Waals surface area contributed by atoms with Gasteiger partial charge in [0.05, 0.1) is 24.9 Å². The summed E-state index contributed by atoms with van der Waals surface area (Å²) in [6.45, 7) is 2.98. The van der Waals surface area contributed by atoms with Crippen molar-refractivity contribution in [2.24, 2.45) is 0 Å². The number of hydrogen-bond donors (Lipinski definition) is 2. The van der Waals surface area contributed by atoms with Gasteiger partial charge in [-0.2, -0.15) is 5.10 Å². The number of ether oxygens (including phenoxy) is 2. The second-order valence-electron chi connectivity index (χ2n) is 6.27. The van der Waals surface area contributed by atoms with Crippen molar-refractivity contribution in [3.63, 3.8) is 0 Å². The molecule has 6 heteroatoms. The van der Waals surface area contributed by atoms with Crippen LogP contribution in [0.15, 0.2) is 60.7 Å². The molecule has 6 nitrogen and oxygen atoms in total. The van der Waals surface area contributed by atoms with Crippen LogP contribution in [-0.2, 0) is 4.74 Å². The molecule has 0 amide bonds. The first-order chi connectivity index (χ1) is 12.8. The molecule has 0 aliphatic carbocycles. The lowest BCUT2D eigenvalue weighted by molar-refractivity contribution is 0.123. The van der Waals surface area contributed by atoms with E-state index in [1.54, 1.807) is 0 Å². The summed E-state index contributed by atoms with van der Waals surface area (Å²) in [5, 5.41) is 8.03. The van der Waals surface area contributed by atoms with Gasteiger partial charge in [-0.15, -0.1) is 0 Å². The van der Waals surface area contributed by atoms with Crippen molar-refractivity contribution in [3.05, 3.63) is 60.7 Å². The predicted molar refractivity (Wildman–Crippen MR) is 101 cm³/mol. The summed E-state index contributed by atoms with van der Waals surface area (Å²) in [6.07, 6.45) is 0. The number of nitrogen functional groups attached to an aromatic ring is 1. The molecular formula is C20H22N4O2. The molecule has 2 heterocycles. The van der Waals surface area contributed by atoms with Crippen LogP contribution in [0.4, 0.5) is 5.82 Å². The van der Waals surface area contributed by atoms with Crippen LogP contribution in [0.3, 0.4) is 0 Å². The predicted octanol–water partition coefficient (Wildman–Crippen LogP) is 3.09. The molecule has 1 saturated heterocycles. The van der Waals surface area contributed by atoms with Crippen LogP contribution in [0, 0.1) is 0 Å². The number of nitrogens with one attached hydrogen (secondary N) is 1. The molecule has 3 N–H and O–H groups in total. The highest BCUT2D eigenvalue weighted by Crippen LogP contribution is 2.27. The Morgan fingerprint density at radius 2 is 1.85 bits per heavy atom. The fourth-order valence-electron chi connectivity index (χ4n) is 3.01. The number of nitrogens with zero attached hydrogens (tertiary/aromatic N) is 2. The molecule has 134 valence electrons. The normalized spacial score (nSPS) is 17.6. The van der Waals surface area contributed by atoms with Crippen LogP contribution in [0.25, 0.3) is 11.3 Å². The molecule has 3 aromatic rings. The largest absolute Gasteiger partial charge is 0.457 e. The van der Waals surface area contributed by atoms with Crippen molar-refractivity contribution in [1.29, 1.82) is 0 Å². The van der Waals surface area contributed by atoms with Crippen LogP contribution < -0.4 is 15.8 Å². The van der Waals surface area contributed by atoms with E-state index in [4.69, 9.17) is 15.2 Å². The van der Waals surface area contributed by atoms with Gasteiger partial charge >= 0.3 is 0 Å². The Morgan fingerprint density at radius 3 is 2.65 bits per heavy atom. The summed E-state index contributed by atoms with van der Waals surface area (Å²) in [5.74, 6) is 2.24. The van der Waals surface area contributed by atoms with Crippen molar-refractivity contribution in [3.8, 4) is 22.8 Å². The zero-order valence-electron chi connectivity index (χ0n) is 14.5. The number of para-hydroxylation sites is 1. The fraction of sp³-hybridized carbons (Fsp3) is 0.250. The molecule has 1 fully saturated rings. The van der Waals surface area contributed by atoms with Gasteiger partial charge in [-0.3, -0.25) is 0 Å². The smallest absolute Gasteiger partial charge is 0.127 e. The quantitative estimate of drug-likeness (QED) is 0.756. The van der Waals surface area contributed by atoms with Crippen molar-refractivity contribution in [2.75, 3.05) is 32.0 Å². The zero-order valence-corrected chi connectivity index (χ0v) is 14.5. The maximum atomic E-state index is 6.19. The highest BCUT2D eigenvalue weighted by atomic mass is 16.5. The van der Waals surface area contributed by atoms with E-state index in [1.165, 1.54) is 0 Å². The Balaban J connectivity index is 1.51. The van der Waals surface area contributed by atoms with Crippen molar-refractivity contribution in [1.82, 2.24) is 15.1 Å². The third-order valence-electron chi connectivity index (χ3n) is 4.35. The Bertz CT molecular complexity index is 838. The van der Waals surface area contributed by atoms with E-state index >= 15 is 0 Å². The van der Waals surface area contributed by atoms with Crippen LogP contribution in [0.1, 0.15) is 6.04 Å². The van der Waals surface area contributed by atoms with Crippen molar-refractivity contribution < 1.29 is 9.47 Å². The number of benzene rings is 2. The molecule has 0 bridgehead atoms. The monoisotopic (exact) mass is 350 g/mol. The molecule has 0 radical (unpaired) electrons. The third-order valence-corrected chi connectivity index (χ3v) is 4.35. The van der Waals surface area contributed by atoms with Gasteiger partial charge in [0, 0.05) is 24.7 Å². The first kappa shape index (κ1) is 16.6. The average Bonchev–Trinajstić information content (AvgIpc) is 2.88. The van der Waals surface area contributed by atoms with Gasteiger partial charge in [-0.25, -0.2) is 4.68 Å². The summed E-state index contributed by atoms with van der Waals surface area (Å²) < 4.78 is 13.3.